The van der Waals surface area contributed by atoms with Crippen molar-refractivity contribution in [1.29, 1.82) is 5.26 Å². The topological polar surface area (TPSA) is 113 Å². The minimum absolute atomic E-state index is 0.0185. The van der Waals surface area contributed by atoms with Crippen molar-refractivity contribution in [2.75, 3.05) is 42.6 Å². The molecular formula is C28H31F3N6O4S. The van der Waals surface area contributed by atoms with Crippen molar-refractivity contribution < 1.29 is 32.6 Å². The first-order chi connectivity index (χ1) is 19.7. The van der Waals surface area contributed by atoms with Gasteiger partial charge in [0.05, 0.1) is 17.4 Å². The predicted octanol–water partition coefficient (Wildman–Crippen LogP) is 4.51. The molecule has 0 unspecified atom stereocenters. The first-order valence-corrected chi connectivity index (χ1v) is 13.7. The highest BCUT2D eigenvalue weighted by atomic mass is 32.1. The van der Waals surface area contributed by atoms with Crippen molar-refractivity contribution in [2.45, 2.75) is 51.9 Å². The molecule has 0 spiro atoms. The zero-order valence-corrected chi connectivity index (χ0v) is 24.4. The summed E-state index contributed by atoms with van der Waals surface area (Å²) in [5.41, 5.74) is -2.03. The number of hydrogen-bond donors (Lipinski definition) is 1. The minimum Gasteiger partial charge on any atom is -0.492 e. The van der Waals surface area contributed by atoms with E-state index in [1.165, 1.54) is 11.0 Å². The third-order valence-electron chi connectivity index (χ3n) is 7.52. The Kier molecular flexibility index (Phi) is 8.65. The summed E-state index contributed by atoms with van der Waals surface area (Å²) < 4.78 is 46.8. The molecule has 0 radical (unpaired) electrons. The van der Waals surface area contributed by atoms with Gasteiger partial charge in [-0.2, -0.15) is 18.4 Å². The number of carboxylic acid groups (broad SMARTS) is 1. The number of halogens is 3. The molecule has 0 aliphatic carbocycles. The average molecular weight is 605 g/mol. The molecule has 42 heavy (non-hydrogen) atoms. The normalized spacial score (nSPS) is 19.3. The Morgan fingerprint density at radius 3 is 2.57 bits per heavy atom. The number of piperazine rings is 1. The molecule has 4 rings (SSSR count). The Balaban J connectivity index is 1.53. The van der Waals surface area contributed by atoms with Gasteiger partial charge in [0.25, 0.3) is 5.91 Å². The summed E-state index contributed by atoms with van der Waals surface area (Å²) in [6.45, 7) is 9.75. The number of anilines is 2. The van der Waals surface area contributed by atoms with Crippen molar-refractivity contribution in [3.8, 4) is 11.8 Å². The number of ether oxygens (including phenoxy) is 1. The van der Waals surface area contributed by atoms with Crippen molar-refractivity contribution in [3.05, 3.63) is 47.3 Å². The van der Waals surface area contributed by atoms with Crippen LogP contribution in [0.25, 0.3) is 0 Å². The predicted molar refractivity (Wildman–Crippen MR) is 153 cm³/mol. The largest absolute Gasteiger partial charge is 0.492 e. The van der Waals surface area contributed by atoms with Crippen LogP contribution in [-0.2, 0) is 17.4 Å². The molecular weight excluding hydrogens is 573 g/mol. The Labute approximate surface area is 246 Å². The van der Waals surface area contributed by atoms with Crippen molar-refractivity contribution in [1.82, 2.24) is 14.8 Å². The van der Waals surface area contributed by atoms with E-state index in [4.69, 9.17) is 22.2 Å². The third-order valence-corrected chi connectivity index (χ3v) is 7.88. The number of aryl methyl sites for hydroxylation is 1. The fourth-order valence-corrected chi connectivity index (χ4v) is 5.79. The number of thiocarbonyl (C=S) groups is 1. The second-order valence-corrected chi connectivity index (χ2v) is 11.0. The number of carbonyl (C=O) groups is 2. The zero-order valence-electron chi connectivity index (χ0n) is 23.6. The number of nitrogens with zero attached hydrogens (tertiary/aromatic N) is 6. The van der Waals surface area contributed by atoms with Crippen LogP contribution in [0.15, 0.2) is 30.5 Å². The SMILES string of the molecule is CCc1cc(N2C(=S)N(c3cnc(C#N)c(C(F)(F)F)c3)C(=O)C2(C)C)ccc1OCCN1CCN(C(=O)O)[C@@H](C)C1. The number of pyridine rings is 1. The smallest absolute Gasteiger partial charge is 0.419 e. The summed E-state index contributed by atoms with van der Waals surface area (Å²) in [7, 11) is 0. The Bertz CT molecular complexity index is 1440. The number of nitriles is 1. The Morgan fingerprint density at radius 1 is 1.26 bits per heavy atom. The number of amides is 2. The molecule has 2 aliphatic rings. The van der Waals surface area contributed by atoms with E-state index >= 15 is 0 Å². The van der Waals surface area contributed by atoms with E-state index in [9.17, 15) is 27.9 Å². The molecule has 3 heterocycles. The maximum Gasteiger partial charge on any atom is 0.419 e. The summed E-state index contributed by atoms with van der Waals surface area (Å²) >= 11 is 5.62. The van der Waals surface area contributed by atoms with Gasteiger partial charge in [-0.25, -0.2) is 9.78 Å². The first kappa shape index (κ1) is 31.0. The van der Waals surface area contributed by atoms with Gasteiger partial charge in [0.2, 0.25) is 0 Å². The number of carbonyl (C=O) groups excluding carboxylic acids is 1. The van der Waals surface area contributed by atoms with Gasteiger partial charge in [0.1, 0.15) is 24.0 Å². The lowest BCUT2D eigenvalue weighted by Gasteiger charge is -2.38. The van der Waals surface area contributed by atoms with Crippen LogP contribution in [-0.4, -0.2) is 81.4 Å². The van der Waals surface area contributed by atoms with E-state index < -0.39 is 35.0 Å². The maximum absolute atomic E-state index is 13.6. The molecule has 1 N–H and O–H groups in total. The van der Waals surface area contributed by atoms with Crippen molar-refractivity contribution >= 4 is 40.7 Å². The lowest BCUT2D eigenvalue weighted by molar-refractivity contribution is -0.138. The highest BCUT2D eigenvalue weighted by Gasteiger charge is 2.51. The van der Waals surface area contributed by atoms with Gasteiger partial charge in [-0.1, -0.05) is 6.92 Å². The van der Waals surface area contributed by atoms with Crippen LogP contribution in [0, 0.1) is 11.3 Å². The van der Waals surface area contributed by atoms with E-state index in [1.807, 2.05) is 19.9 Å². The molecule has 2 aromatic rings. The van der Waals surface area contributed by atoms with Gasteiger partial charge in [-0.05, 0) is 69.2 Å². The number of aromatic nitrogens is 1. The monoisotopic (exact) mass is 604 g/mol. The molecule has 2 fully saturated rings. The molecule has 14 heteroatoms. The summed E-state index contributed by atoms with van der Waals surface area (Å²) in [5.74, 6) is 0.110. The van der Waals surface area contributed by atoms with E-state index in [0.717, 1.165) is 16.7 Å². The fraction of sp³-hybridized carbons (Fsp3) is 0.464. The van der Waals surface area contributed by atoms with Gasteiger partial charge >= 0.3 is 12.3 Å². The highest BCUT2D eigenvalue weighted by molar-refractivity contribution is 7.81. The lowest BCUT2D eigenvalue weighted by Crippen LogP contribution is -2.54. The Hall–Kier alpha value is -3.96. The molecule has 2 amide bonds. The summed E-state index contributed by atoms with van der Waals surface area (Å²) in [5, 5.41) is 18.3. The first-order valence-electron chi connectivity index (χ1n) is 13.3. The maximum atomic E-state index is 13.6. The van der Waals surface area contributed by atoms with Crippen LogP contribution in [0.3, 0.4) is 0 Å². The average Bonchev–Trinajstić information content (AvgIpc) is 3.10. The number of hydrogen-bond acceptors (Lipinski definition) is 7. The number of benzene rings is 1. The van der Waals surface area contributed by atoms with Crippen molar-refractivity contribution in [2.24, 2.45) is 0 Å². The van der Waals surface area contributed by atoms with Crippen LogP contribution >= 0.6 is 12.2 Å². The summed E-state index contributed by atoms with van der Waals surface area (Å²) in [4.78, 5) is 34.6. The molecule has 1 atom stereocenters. The lowest BCUT2D eigenvalue weighted by atomic mass is 10.0. The molecule has 2 saturated heterocycles. The van der Waals surface area contributed by atoms with E-state index in [1.54, 1.807) is 30.9 Å². The second-order valence-electron chi connectivity index (χ2n) is 10.6. The standard InChI is InChI=1S/C28H31F3N6O4S/c1-5-18-12-19(6-7-23(18)41-11-10-34-8-9-35(26(39)40)17(2)16-34)37-25(42)36(24(38)27(37,3)4)20-13-21(28(29,30)31)22(14-32)33-15-20/h6-7,12-13,15,17H,5,8-11,16H2,1-4H3,(H,39,40)/t17-/m0/s1. The van der Waals surface area contributed by atoms with Crippen LogP contribution in [0.5, 0.6) is 5.75 Å². The van der Waals surface area contributed by atoms with Gasteiger partial charge in [-0.15, -0.1) is 0 Å². The second kappa shape index (κ2) is 11.7. The van der Waals surface area contributed by atoms with E-state index in [0.29, 0.717) is 56.7 Å². The number of rotatable bonds is 7. The van der Waals surface area contributed by atoms with Crippen LogP contribution < -0.4 is 14.5 Å². The van der Waals surface area contributed by atoms with Crippen LogP contribution in [0.4, 0.5) is 29.3 Å². The van der Waals surface area contributed by atoms with Gasteiger partial charge < -0.3 is 19.6 Å². The molecule has 0 bridgehead atoms. The Morgan fingerprint density at radius 2 is 1.98 bits per heavy atom. The summed E-state index contributed by atoms with van der Waals surface area (Å²) in [6, 6.07) is 7.39. The molecule has 224 valence electrons. The molecule has 10 nitrogen and oxygen atoms in total. The molecule has 2 aliphatic heterocycles. The molecule has 1 aromatic heterocycles. The van der Waals surface area contributed by atoms with Gasteiger partial charge in [0, 0.05) is 37.9 Å². The van der Waals surface area contributed by atoms with Crippen LogP contribution in [0.2, 0.25) is 0 Å². The van der Waals surface area contributed by atoms with E-state index in [-0.39, 0.29) is 16.8 Å². The van der Waals surface area contributed by atoms with Crippen molar-refractivity contribution in [3.63, 3.8) is 0 Å². The molecule has 0 saturated carbocycles. The zero-order chi connectivity index (χ0) is 31.0. The van der Waals surface area contributed by atoms with E-state index in [2.05, 4.69) is 9.88 Å². The van der Waals surface area contributed by atoms with Gasteiger partial charge in [0.15, 0.2) is 10.8 Å². The minimum atomic E-state index is -4.84. The van der Waals surface area contributed by atoms with Gasteiger partial charge in [-0.3, -0.25) is 14.6 Å². The summed E-state index contributed by atoms with van der Waals surface area (Å²) in [6.07, 6.45) is -4.13. The third kappa shape index (κ3) is 5.84. The quantitative estimate of drug-likeness (QED) is 0.456. The molecule has 1 aromatic carbocycles. The van der Waals surface area contributed by atoms with Crippen LogP contribution in [0.1, 0.15) is 44.5 Å². The fourth-order valence-electron chi connectivity index (χ4n) is 5.26. The highest BCUT2D eigenvalue weighted by Crippen LogP contribution is 2.40. The number of alkyl halides is 3.